The van der Waals surface area contributed by atoms with Crippen LogP contribution in [0.1, 0.15) is 44.1 Å². The van der Waals surface area contributed by atoms with Crippen molar-refractivity contribution in [1.82, 2.24) is 10.6 Å². The molecule has 1 amide bonds. The molecule has 0 aromatic heterocycles. The van der Waals surface area contributed by atoms with Crippen molar-refractivity contribution in [1.29, 1.82) is 0 Å². The number of nitrogens with one attached hydrogen (secondary N) is 2. The summed E-state index contributed by atoms with van der Waals surface area (Å²) in [5, 5.41) is 6.57. The predicted octanol–water partition coefficient (Wildman–Crippen LogP) is 2.62. The van der Waals surface area contributed by atoms with E-state index in [4.69, 9.17) is 4.74 Å². The Bertz CT molecular complexity index is 532. The van der Waals surface area contributed by atoms with E-state index in [9.17, 15) is 4.79 Å². The van der Waals surface area contributed by atoms with Crippen LogP contribution in [0.4, 0.5) is 0 Å². The number of methoxy groups -OCH3 is 1. The molecular weight excluding hydrogens is 288 g/mol. The summed E-state index contributed by atoms with van der Waals surface area (Å²) >= 11 is 0. The van der Waals surface area contributed by atoms with Crippen LogP contribution in [0.25, 0.3) is 0 Å². The van der Waals surface area contributed by atoms with Gasteiger partial charge in [0.05, 0.1) is 13.0 Å². The second-order valence-corrected chi connectivity index (χ2v) is 6.95. The molecule has 1 saturated heterocycles. The van der Waals surface area contributed by atoms with Crippen molar-refractivity contribution in [3.8, 4) is 5.75 Å². The van der Waals surface area contributed by atoms with Crippen LogP contribution in [0.15, 0.2) is 24.3 Å². The Morgan fingerprint density at radius 1 is 1.30 bits per heavy atom. The number of hydrogen-bond acceptors (Lipinski definition) is 3. The summed E-state index contributed by atoms with van der Waals surface area (Å²) < 4.78 is 5.58. The van der Waals surface area contributed by atoms with E-state index in [1.165, 1.54) is 18.4 Å². The van der Waals surface area contributed by atoms with Gasteiger partial charge in [0.2, 0.25) is 5.91 Å². The van der Waals surface area contributed by atoms with Gasteiger partial charge in [0.25, 0.3) is 0 Å². The average Bonchev–Trinajstić information content (AvgIpc) is 3.10. The molecule has 1 heterocycles. The van der Waals surface area contributed by atoms with Crippen LogP contribution >= 0.6 is 0 Å². The molecular formula is C19H28N2O2. The number of hydrogen-bond donors (Lipinski definition) is 2. The van der Waals surface area contributed by atoms with Gasteiger partial charge < -0.3 is 15.4 Å². The fourth-order valence-corrected chi connectivity index (χ4v) is 4.15. The molecule has 1 aromatic carbocycles. The van der Waals surface area contributed by atoms with Crippen LogP contribution in [0.2, 0.25) is 0 Å². The van der Waals surface area contributed by atoms with E-state index in [0.29, 0.717) is 0 Å². The number of benzene rings is 1. The van der Waals surface area contributed by atoms with Crippen molar-refractivity contribution >= 4 is 5.91 Å². The molecule has 3 rings (SSSR count). The highest BCUT2D eigenvalue weighted by atomic mass is 16.5. The van der Waals surface area contributed by atoms with Crippen molar-refractivity contribution in [2.24, 2.45) is 5.92 Å². The molecule has 1 unspecified atom stereocenters. The van der Waals surface area contributed by atoms with E-state index in [-0.39, 0.29) is 17.2 Å². The summed E-state index contributed by atoms with van der Waals surface area (Å²) in [6.45, 7) is 2.57. The maximum atomic E-state index is 12.5. The Labute approximate surface area is 139 Å². The van der Waals surface area contributed by atoms with Gasteiger partial charge in [-0.3, -0.25) is 4.79 Å². The zero-order chi connectivity index (χ0) is 16.1. The number of amides is 1. The molecule has 1 saturated carbocycles. The van der Waals surface area contributed by atoms with E-state index >= 15 is 0 Å². The summed E-state index contributed by atoms with van der Waals surface area (Å²) in [7, 11) is 1.73. The lowest BCUT2D eigenvalue weighted by Crippen LogP contribution is -2.45. The van der Waals surface area contributed by atoms with Gasteiger partial charge in [-0.2, -0.15) is 0 Å². The standard InChI is InChI=1S/C19H28N2O2/c1-23-17-9-3-2-8-16(17)19(10-4-5-11-19)14-21-18(22)15-7-6-12-20-13-15/h2-3,8-9,15,20H,4-7,10-14H2,1H3,(H,21,22). The number of carbonyl (C=O) groups is 1. The van der Waals surface area contributed by atoms with E-state index < -0.39 is 0 Å². The van der Waals surface area contributed by atoms with Gasteiger partial charge in [0.15, 0.2) is 0 Å². The average molecular weight is 316 g/mol. The van der Waals surface area contributed by atoms with Gasteiger partial charge in [-0.25, -0.2) is 0 Å². The van der Waals surface area contributed by atoms with E-state index in [0.717, 1.165) is 51.1 Å². The zero-order valence-corrected chi connectivity index (χ0v) is 14.1. The molecule has 1 aliphatic carbocycles. The van der Waals surface area contributed by atoms with Gasteiger partial charge in [0.1, 0.15) is 5.75 Å². The molecule has 0 radical (unpaired) electrons. The number of rotatable bonds is 5. The third-order valence-electron chi connectivity index (χ3n) is 5.51. The summed E-state index contributed by atoms with van der Waals surface area (Å²) in [4.78, 5) is 12.5. The topological polar surface area (TPSA) is 50.4 Å². The van der Waals surface area contributed by atoms with E-state index in [2.05, 4.69) is 22.8 Å². The smallest absolute Gasteiger partial charge is 0.224 e. The van der Waals surface area contributed by atoms with Crippen molar-refractivity contribution in [3.63, 3.8) is 0 Å². The largest absolute Gasteiger partial charge is 0.496 e. The minimum atomic E-state index is 0.0321. The summed E-state index contributed by atoms with van der Waals surface area (Å²) in [5.74, 6) is 1.28. The Morgan fingerprint density at radius 2 is 2.09 bits per heavy atom. The second kappa shape index (κ2) is 7.35. The number of piperidine rings is 1. The number of ether oxygens (including phenoxy) is 1. The summed E-state index contributed by atoms with van der Waals surface area (Å²) in [6, 6.07) is 8.28. The van der Waals surface area contributed by atoms with Gasteiger partial charge in [-0.05, 0) is 38.3 Å². The van der Waals surface area contributed by atoms with Crippen LogP contribution in [0, 0.1) is 5.92 Å². The molecule has 126 valence electrons. The zero-order valence-electron chi connectivity index (χ0n) is 14.1. The van der Waals surface area contributed by atoms with E-state index in [1.54, 1.807) is 7.11 Å². The Balaban J connectivity index is 1.72. The highest BCUT2D eigenvalue weighted by Crippen LogP contribution is 2.44. The summed E-state index contributed by atoms with van der Waals surface area (Å²) in [5.41, 5.74) is 1.28. The van der Waals surface area contributed by atoms with Crippen molar-refractivity contribution in [2.45, 2.75) is 43.9 Å². The molecule has 4 nitrogen and oxygen atoms in total. The lowest BCUT2D eigenvalue weighted by Gasteiger charge is -2.32. The lowest BCUT2D eigenvalue weighted by atomic mass is 9.78. The highest BCUT2D eigenvalue weighted by molar-refractivity contribution is 5.79. The van der Waals surface area contributed by atoms with Crippen molar-refractivity contribution in [3.05, 3.63) is 29.8 Å². The SMILES string of the molecule is COc1ccccc1C1(CNC(=O)C2CCCNC2)CCCC1. The highest BCUT2D eigenvalue weighted by Gasteiger charge is 2.38. The molecule has 1 aliphatic heterocycles. The van der Waals surface area contributed by atoms with Gasteiger partial charge in [-0.15, -0.1) is 0 Å². The first-order valence-corrected chi connectivity index (χ1v) is 8.87. The Kier molecular flexibility index (Phi) is 5.21. The van der Waals surface area contributed by atoms with Crippen LogP contribution in [-0.2, 0) is 10.2 Å². The predicted molar refractivity (Wildman–Crippen MR) is 91.7 cm³/mol. The number of para-hydroxylation sites is 1. The van der Waals surface area contributed by atoms with Crippen LogP contribution in [-0.4, -0.2) is 32.7 Å². The monoisotopic (exact) mass is 316 g/mol. The Hall–Kier alpha value is -1.55. The summed E-state index contributed by atoms with van der Waals surface area (Å²) in [6.07, 6.45) is 6.78. The first-order valence-electron chi connectivity index (χ1n) is 8.87. The fourth-order valence-electron chi connectivity index (χ4n) is 4.15. The quantitative estimate of drug-likeness (QED) is 0.878. The van der Waals surface area contributed by atoms with E-state index in [1.807, 2.05) is 12.1 Å². The molecule has 2 aliphatic rings. The van der Waals surface area contributed by atoms with Gasteiger partial charge in [0, 0.05) is 24.1 Å². The molecule has 2 fully saturated rings. The van der Waals surface area contributed by atoms with Crippen LogP contribution in [0.5, 0.6) is 5.75 Å². The second-order valence-electron chi connectivity index (χ2n) is 6.95. The molecule has 0 spiro atoms. The van der Waals surface area contributed by atoms with Crippen LogP contribution < -0.4 is 15.4 Å². The molecule has 2 N–H and O–H groups in total. The first-order chi connectivity index (χ1) is 11.2. The normalized spacial score (nSPS) is 23.4. The molecule has 23 heavy (non-hydrogen) atoms. The minimum absolute atomic E-state index is 0.0321. The van der Waals surface area contributed by atoms with Gasteiger partial charge >= 0.3 is 0 Å². The first kappa shape index (κ1) is 16.3. The number of carbonyl (C=O) groups excluding carboxylic acids is 1. The van der Waals surface area contributed by atoms with Gasteiger partial charge in [-0.1, -0.05) is 31.0 Å². The fraction of sp³-hybridized carbons (Fsp3) is 0.632. The molecule has 0 bridgehead atoms. The van der Waals surface area contributed by atoms with Crippen LogP contribution in [0.3, 0.4) is 0 Å². The third kappa shape index (κ3) is 3.52. The maximum Gasteiger partial charge on any atom is 0.224 e. The maximum absolute atomic E-state index is 12.5. The molecule has 1 atom stereocenters. The lowest BCUT2D eigenvalue weighted by molar-refractivity contribution is -0.125. The Morgan fingerprint density at radius 3 is 2.78 bits per heavy atom. The van der Waals surface area contributed by atoms with Crippen molar-refractivity contribution in [2.75, 3.05) is 26.7 Å². The molecule has 1 aromatic rings. The third-order valence-corrected chi connectivity index (χ3v) is 5.51. The molecule has 4 heteroatoms. The van der Waals surface area contributed by atoms with Crippen molar-refractivity contribution < 1.29 is 9.53 Å². The minimum Gasteiger partial charge on any atom is -0.496 e.